The van der Waals surface area contributed by atoms with Gasteiger partial charge in [-0.3, -0.25) is 0 Å². The number of imidazole rings is 1. The van der Waals surface area contributed by atoms with Crippen LogP contribution in [0, 0.1) is 0 Å². The molecule has 0 saturated carbocycles. The van der Waals surface area contributed by atoms with Gasteiger partial charge in [0.2, 0.25) is 11.8 Å². The normalized spacial score (nSPS) is 11.8. The molecule has 0 radical (unpaired) electrons. The maximum Gasteiger partial charge on any atom is 0.227 e. The van der Waals surface area contributed by atoms with E-state index < -0.39 is 0 Å². The summed E-state index contributed by atoms with van der Waals surface area (Å²) < 4.78 is 15.0. The van der Waals surface area contributed by atoms with Crippen LogP contribution >= 0.6 is 11.3 Å². The van der Waals surface area contributed by atoms with Crippen molar-refractivity contribution < 1.29 is 8.83 Å². The lowest BCUT2D eigenvalue weighted by Gasteiger charge is -2.11. The molecule has 0 aliphatic carbocycles. The highest BCUT2D eigenvalue weighted by Crippen LogP contribution is 2.41. The van der Waals surface area contributed by atoms with Gasteiger partial charge in [-0.1, -0.05) is 84.9 Å². The van der Waals surface area contributed by atoms with Gasteiger partial charge in [0.05, 0.1) is 11.0 Å². The monoisotopic (exact) mass is 765 g/mol. The molecule has 7 aromatic carbocycles. The second-order valence-corrected chi connectivity index (χ2v) is 15.1. The lowest BCUT2D eigenvalue weighted by Crippen LogP contribution is -2.01. The molecule has 9 nitrogen and oxygen atoms in total. The van der Waals surface area contributed by atoms with Gasteiger partial charge in [0, 0.05) is 53.6 Å². The van der Waals surface area contributed by atoms with Crippen molar-refractivity contribution in [1.29, 1.82) is 0 Å². The smallest absolute Gasteiger partial charge is 0.227 e. The maximum absolute atomic E-state index is 6.31. The van der Waals surface area contributed by atoms with Crippen molar-refractivity contribution in [1.82, 2.24) is 34.9 Å². The molecule has 12 aromatic rings. The number of aromatic amines is 1. The van der Waals surface area contributed by atoms with Crippen molar-refractivity contribution in [2.24, 2.45) is 0 Å². The van der Waals surface area contributed by atoms with E-state index in [0.717, 1.165) is 76.7 Å². The Hall–Kier alpha value is -7.82. The Morgan fingerprint density at radius 1 is 0.414 bits per heavy atom. The Labute approximate surface area is 333 Å². The van der Waals surface area contributed by atoms with Gasteiger partial charge in [-0.05, 0) is 72.8 Å². The third-order valence-corrected chi connectivity index (χ3v) is 11.5. The molecule has 0 amide bonds. The third-order valence-electron chi connectivity index (χ3n) is 10.3. The minimum atomic E-state index is 0.461. The number of H-pyrrole nitrogens is 1. The number of rotatable bonds is 6. The molecule has 5 aromatic heterocycles. The van der Waals surface area contributed by atoms with E-state index in [2.05, 4.69) is 53.5 Å². The molecule has 0 saturated heterocycles. The summed E-state index contributed by atoms with van der Waals surface area (Å²) in [6, 6.07) is 52.4. The van der Waals surface area contributed by atoms with Crippen LogP contribution in [0.1, 0.15) is 0 Å². The number of thiophene rings is 1. The number of oxazole rings is 2. The van der Waals surface area contributed by atoms with Crippen LogP contribution in [0.25, 0.3) is 122 Å². The lowest BCUT2D eigenvalue weighted by atomic mass is 10.0. The van der Waals surface area contributed by atoms with Crippen LogP contribution in [0.2, 0.25) is 0 Å². The van der Waals surface area contributed by atoms with Gasteiger partial charge in [-0.15, -0.1) is 11.3 Å². The third kappa shape index (κ3) is 5.46. The van der Waals surface area contributed by atoms with Gasteiger partial charge >= 0.3 is 0 Å². The van der Waals surface area contributed by atoms with Gasteiger partial charge in [0.15, 0.2) is 28.6 Å². The van der Waals surface area contributed by atoms with Crippen LogP contribution in [0.3, 0.4) is 0 Å². The van der Waals surface area contributed by atoms with Gasteiger partial charge in [-0.2, -0.15) is 0 Å². The number of benzene rings is 7. The molecule has 5 heterocycles. The van der Waals surface area contributed by atoms with Gasteiger partial charge in [0.1, 0.15) is 16.9 Å². The van der Waals surface area contributed by atoms with Crippen molar-refractivity contribution in [2.45, 2.75) is 0 Å². The Bertz CT molecular complexity index is 3390. The Morgan fingerprint density at radius 3 is 1.78 bits per heavy atom. The molecule has 0 aliphatic heterocycles. The SMILES string of the molecule is c1ccc(-c2nc3ccc(-c4nc(-c5cc(-c6nc7ccccc7o6)cc(-c6nc7ccccc7o6)c5)nc(-c5cccc6sc7ccccc7c56)n4)cc3[nH]2)cc1. The first kappa shape index (κ1) is 32.4. The second-order valence-electron chi connectivity index (χ2n) is 14.0. The maximum atomic E-state index is 6.31. The van der Waals surface area contributed by atoms with Crippen molar-refractivity contribution in [3.8, 4) is 68.5 Å². The first-order chi connectivity index (χ1) is 28.7. The Kier molecular flexibility index (Phi) is 7.20. The molecule has 10 heteroatoms. The predicted molar refractivity (Wildman–Crippen MR) is 230 cm³/mol. The average molecular weight is 766 g/mol. The number of nitrogens with one attached hydrogen (secondary N) is 1. The molecule has 1 N–H and O–H groups in total. The summed E-state index contributed by atoms with van der Waals surface area (Å²) in [4.78, 5) is 33.8. The summed E-state index contributed by atoms with van der Waals surface area (Å²) in [5, 5.41) is 2.26. The van der Waals surface area contributed by atoms with Crippen LogP contribution < -0.4 is 0 Å². The van der Waals surface area contributed by atoms with E-state index in [4.69, 9.17) is 38.7 Å². The zero-order valence-electron chi connectivity index (χ0n) is 30.4. The van der Waals surface area contributed by atoms with Gasteiger partial charge < -0.3 is 13.8 Å². The van der Waals surface area contributed by atoms with E-state index in [0.29, 0.717) is 40.4 Å². The summed E-state index contributed by atoms with van der Waals surface area (Å²) in [5.74, 6) is 3.27. The molecule has 0 aliphatic rings. The summed E-state index contributed by atoms with van der Waals surface area (Å²) in [5.41, 5.74) is 9.55. The Balaban J connectivity index is 1.09. The van der Waals surface area contributed by atoms with Crippen molar-refractivity contribution >= 4 is 64.7 Å². The number of hydrogen-bond acceptors (Lipinski definition) is 9. The summed E-state index contributed by atoms with van der Waals surface area (Å²) in [6.07, 6.45) is 0. The average Bonchev–Trinajstić information content (AvgIpc) is 4.09. The standard InChI is InChI=1S/C48H27N7O2S/c1-2-11-27(12-3-1)43-49-34-22-21-28(26-37(34)50-43)44-53-45(55-46(54-44)33-14-10-20-41-42(33)32-13-4-9-19-40(32)58-41)29-23-30(47-51-35-15-5-7-17-38(35)56-47)25-31(24-29)48-52-36-16-6-8-18-39(36)57-48/h1-26H,(H,49,50). The molecule has 58 heavy (non-hydrogen) atoms. The highest BCUT2D eigenvalue weighted by molar-refractivity contribution is 7.25. The quantitative estimate of drug-likeness (QED) is 0.178. The molecule has 0 spiro atoms. The fourth-order valence-electron chi connectivity index (χ4n) is 7.59. The number of fused-ring (bicyclic) bond motifs is 6. The van der Waals surface area contributed by atoms with E-state index in [1.807, 2.05) is 109 Å². The van der Waals surface area contributed by atoms with Crippen molar-refractivity contribution in [2.75, 3.05) is 0 Å². The van der Waals surface area contributed by atoms with Crippen molar-refractivity contribution in [3.05, 3.63) is 158 Å². The fourth-order valence-corrected chi connectivity index (χ4v) is 8.72. The summed E-state index contributed by atoms with van der Waals surface area (Å²) in [7, 11) is 0. The molecule has 0 atom stereocenters. The molecular weight excluding hydrogens is 739 g/mol. The highest BCUT2D eigenvalue weighted by atomic mass is 32.1. The number of aromatic nitrogens is 7. The zero-order chi connectivity index (χ0) is 38.2. The highest BCUT2D eigenvalue weighted by Gasteiger charge is 2.21. The number of nitrogens with zero attached hydrogens (tertiary/aromatic N) is 6. The van der Waals surface area contributed by atoms with Crippen molar-refractivity contribution in [3.63, 3.8) is 0 Å². The molecule has 0 bridgehead atoms. The molecule has 0 unspecified atom stereocenters. The largest absolute Gasteiger partial charge is 0.436 e. The predicted octanol–water partition coefficient (Wildman–Crippen LogP) is 12.4. The lowest BCUT2D eigenvalue weighted by molar-refractivity contribution is 0.617. The van der Waals surface area contributed by atoms with E-state index in [9.17, 15) is 0 Å². The van der Waals surface area contributed by atoms with E-state index in [1.54, 1.807) is 11.3 Å². The molecule has 272 valence electrons. The molecule has 12 rings (SSSR count). The molecular formula is C48H27N7O2S. The van der Waals surface area contributed by atoms with Crippen LogP contribution in [0.4, 0.5) is 0 Å². The van der Waals surface area contributed by atoms with Crippen LogP contribution in [-0.2, 0) is 0 Å². The second kappa shape index (κ2) is 12.9. The first-order valence-corrected chi connectivity index (χ1v) is 19.6. The minimum Gasteiger partial charge on any atom is -0.436 e. The summed E-state index contributed by atoms with van der Waals surface area (Å²) >= 11 is 1.76. The Morgan fingerprint density at radius 2 is 1.03 bits per heavy atom. The number of para-hydroxylation sites is 4. The molecule has 0 fully saturated rings. The van der Waals surface area contributed by atoms with Crippen LogP contribution in [-0.4, -0.2) is 34.9 Å². The number of hydrogen-bond donors (Lipinski definition) is 1. The van der Waals surface area contributed by atoms with Crippen LogP contribution in [0.15, 0.2) is 167 Å². The topological polar surface area (TPSA) is 119 Å². The van der Waals surface area contributed by atoms with Gasteiger partial charge in [-0.25, -0.2) is 29.9 Å². The fraction of sp³-hybridized carbons (Fsp3) is 0. The van der Waals surface area contributed by atoms with E-state index >= 15 is 0 Å². The van der Waals surface area contributed by atoms with Crippen LogP contribution in [0.5, 0.6) is 0 Å². The van der Waals surface area contributed by atoms with E-state index in [1.165, 1.54) is 4.70 Å². The van der Waals surface area contributed by atoms with E-state index in [-0.39, 0.29) is 0 Å². The zero-order valence-corrected chi connectivity index (χ0v) is 31.2. The van der Waals surface area contributed by atoms with Gasteiger partial charge in [0.25, 0.3) is 0 Å². The first-order valence-electron chi connectivity index (χ1n) is 18.8. The summed E-state index contributed by atoms with van der Waals surface area (Å²) in [6.45, 7) is 0. The minimum absolute atomic E-state index is 0.461.